The molecule has 0 aliphatic heterocycles. The lowest BCUT2D eigenvalue weighted by molar-refractivity contribution is 0.263. The lowest BCUT2D eigenvalue weighted by atomic mass is 9.80. The molecule has 0 bridgehead atoms. The van der Waals surface area contributed by atoms with Crippen molar-refractivity contribution in [1.82, 2.24) is 0 Å². The fraction of sp³-hybridized carbons (Fsp3) is 1.00. The summed E-state index contributed by atoms with van der Waals surface area (Å²) in [5, 5.41) is 0. The Kier molecular flexibility index (Phi) is 10.6. The maximum Gasteiger partial charge on any atom is -0.0412 e. The highest BCUT2D eigenvalue weighted by Crippen LogP contribution is 2.31. The molecule has 0 heterocycles. The highest BCUT2D eigenvalue weighted by Gasteiger charge is 2.17. The van der Waals surface area contributed by atoms with E-state index in [0.29, 0.717) is 0 Å². The summed E-state index contributed by atoms with van der Waals surface area (Å²) in [5.74, 6) is 2.10. The molecule has 0 unspecified atom stereocenters. The molecule has 114 valence electrons. The Labute approximate surface area is 122 Å². The molecule has 0 aromatic rings. The molecular formula is C19H38. The molecule has 0 heteroatoms. The van der Waals surface area contributed by atoms with E-state index < -0.39 is 0 Å². The lowest BCUT2D eigenvalue weighted by Gasteiger charge is -2.26. The van der Waals surface area contributed by atoms with Crippen molar-refractivity contribution < 1.29 is 0 Å². The van der Waals surface area contributed by atoms with Crippen molar-refractivity contribution in [2.45, 2.75) is 110 Å². The molecular weight excluding hydrogens is 228 g/mol. The molecule has 0 aromatic heterocycles. The van der Waals surface area contributed by atoms with E-state index in [-0.39, 0.29) is 0 Å². The molecule has 0 aromatic carbocycles. The van der Waals surface area contributed by atoms with Crippen molar-refractivity contribution in [3.8, 4) is 0 Å². The Bertz CT molecular complexity index is 184. The van der Waals surface area contributed by atoms with E-state index in [0.717, 1.165) is 11.8 Å². The summed E-state index contributed by atoms with van der Waals surface area (Å²) in [6.07, 6.45) is 22.3. The third-order valence-electron chi connectivity index (χ3n) is 5.01. The molecule has 0 spiro atoms. The first-order valence-corrected chi connectivity index (χ1v) is 9.33. The van der Waals surface area contributed by atoms with Crippen molar-refractivity contribution >= 4 is 0 Å². The molecule has 0 radical (unpaired) electrons. The van der Waals surface area contributed by atoms with Gasteiger partial charge in [-0.1, -0.05) is 104 Å². The Balaban J connectivity index is 1.78. The normalized spacial score (nSPS) is 23.7. The van der Waals surface area contributed by atoms with Crippen LogP contribution in [0.1, 0.15) is 110 Å². The molecule has 1 aliphatic carbocycles. The van der Waals surface area contributed by atoms with Gasteiger partial charge in [-0.15, -0.1) is 0 Å². The van der Waals surface area contributed by atoms with Crippen LogP contribution in [-0.2, 0) is 0 Å². The van der Waals surface area contributed by atoms with Crippen LogP contribution in [0.5, 0.6) is 0 Å². The number of hydrogen-bond donors (Lipinski definition) is 0. The largest absolute Gasteiger partial charge is 0.0654 e. The molecule has 1 saturated carbocycles. The average molecular weight is 267 g/mol. The summed E-state index contributed by atoms with van der Waals surface area (Å²) in [5.41, 5.74) is 0. The number of hydrogen-bond acceptors (Lipinski definition) is 0. The quantitative estimate of drug-likeness (QED) is 0.349. The first kappa shape index (κ1) is 17.1. The summed E-state index contributed by atoms with van der Waals surface area (Å²) in [6.45, 7) is 4.75. The van der Waals surface area contributed by atoms with Gasteiger partial charge in [-0.3, -0.25) is 0 Å². The van der Waals surface area contributed by atoms with Gasteiger partial charge in [-0.05, 0) is 18.3 Å². The van der Waals surface area contributed by atoms with Crippen molar-refractivity contribution in [3.05, 3.63) is 0 Å². The van der Waals surface area contributed by atoms with E-state index in [1.807, 2.05) is 0 Å². The minimum absolute atomic E-state index is 1.02. The van der Waals surface area contributed by atoms with Gasteiger partial charge in [0.15, 0.2) is 0 Å². The monoisotopic (exact) mass is 266 g/mol. The summed E-state index contributed by atoms with van der Waals surface area (Å²) in [4.78, 5) is 0. The Morgan fingerprint density at radius 1 is 0.737 bits per heavy atom. The number of unbranched alkanes of at least 4 members (excludes halogenated alkanes) is 9. The fourth-order valence-electron chi connectivity index (χ4n) is 3.74. The van der Waals surface area contributed by atoms with Gasteiger partial charge < -0.3 is 0 Å². The third-order valence-corrected chi connectivity index (χ3v) is 5.01. The fourth-order valence-corrected chi connectivity index (χ4v) is 3.74. The van der Waals surface area contributed by atoms with E-state index in [1.165, 1.54) is 96.3 Å². The summed E-state index contributed by atoms with van der Waals surface area (Å²) in [7, 11) is 0. The molecule has 19 heavy (non-hydrogen) atoms. The summed E-state index contributed by atoms with van der Waals surface area (Å²) >= 11 is 0. The van der Waals surface area contributed by atoms with E-state index in [1.54, 1.807) is 0 Å². The van der Waals surface area contributed by atoms with Crippen molar-refractivity contribution in [3.63, 3.8) is 0 Å². The Morgan fingerprint density at radius 2 is 1.32 bits per heavy atom. The van der Waals surface area contributed by atoms with Gasteiger partial charge in [0.1, 0.15) is 0 Å². The van der Waals surface area contributed by atoms with Crippen LogP contribution in [-0.4, -0.2) is 0 Å². The van der Waals surface area contributed by atoms with E-state index in [4.69, 9.17) is 0 Å². The zero-order valence-corrected chi connectivity index (χ0v) is 13.8. The van der Waals surface area contributed by atoms with E-state index in [2.05, 4.69) is 13.8 Å². The van der Waals surface area contributed by atoms with Crippen molar-refractivity contribution in [2.75, 3.05) is 0 Å². The van der Waals surface area contributed by atoms with Crippen molar-refractivity contribution in [1.29, 1.82) is 0 Å². The van der Waals surface area contributed by atoms with Crippen LogP contribution in [0.4, 0.5) is 0 Å². The lowest BCUT2D eigenvalue weighted by Crippen LogP contribution is -2.12. The molecule has 0 nitrogen and oxygen atoms in total. The van der Waals surface area contributed by atoms with Crippen LogP contribution in [0.25, 0.3) is 0 Å². The zero-order chi connectivity index (χ0) is 13.8. The predicted octanol–water partition coefficient (Wildman–Crippen LogP) is 7.12. The molecule has 1 rings (SSSR count). The van der Waals surface area contributed by atoms with Gasteiger partial charge in [0.05, 0.1) is 0 Å². The minimum atomic E-state index is 1.02. The Hall–Kier alpha value is 0. The van der Waals surface area contributed by atoms with Crippen LogP contribution in [0, 0.1) is 11.8 Å². The van der Waals surface area contributed by atoms with Gasteiger partial charge in [-0.2, -0.15) is 0 Å². The number of rotatable bonds is 11. The second-order valence-corrected chi connectivity index (χ2v) is 7.11. The van der Waals surface area contributed by atoms with Gasteiger partial charge in [-0.25, -0.2) is 0 Å². The molecule has 0 amide bonds. The first-order chi connectivity index (χ1) is 9.33. The molecule has 0 N–H and O–H groups in total. The second-order valence-electron chi connectivity index (χ2n) is 7.11. The van der Waals surface area contributed by atoms with Crippen molar-refractivity contribution in [2.24, 2.45) is 11.8 Å². The highest BCUT2D eigenvalue weighted by molar-refractivity contribution is 4.70. The van der Waals surface area contributed by atoms with E-state index in [9.17, 15) is 0 Å². The van der Waals surface area contributed by atoms with Gasteiger partial charge in [0, 0.05) is 0 Å². The van der Waals surface area contributed by atoms with Gasteiger partial charge in [0.2, 0.25) is 0 Å². The van der Waals surface area contributed by atoms with Crippen LogP contribution in [0.15, 0.2) is 0 Å². The standard InChI is InChI=1S/C19H38/c1-3-4-5-6-7-8-9-10-11-12-15-19-16-13-14-18(2)17-19/h18-19H,3-17H2,1-2H3/t18-,19-/m1/s1. The molecule has 1 aliphatic rings. The average Bonchev–Trinajstić information content (AvgIpc) is 2.41. The highest BCUT2D eigenvalue weighted by atomic mass is 14.2. The Morgan fingerprint density at radius 3 is 1.89 bits per heavy atom. The van der Waals surface area contributed by atoms with E-state index >= 15 is 0 Å². The maximum absolute atomic E-state index is 2.45. The maximum atomic E-state index is 2.45. The minimum Gasteiger partial charge on any atom is -0.0654 e. The summed E-state index contributed by atoms with van der Waals surface area (Å²) in [6, 6.07) is 0. The third kappa shape index (κ3) is 9.52. The zero-order valence-electron chi connectivity index (χ0n) is 13.8. The smallest absolute Gasteiger partial charge is 0.0412 e. The van der Waals surface area contributed by atoms with Gasteiger partial charge >= 0.3 is 0 Å². The molecule has 0 saturated heterocycles. The first-order valence-electron chi connectivity index (χ1n) is 9.33. The van der Waals surface area contributed by atoms with Crippen LogP contribution < -0.4 is 0 Å². The van der Waals surface area contributed by atoms with Crippen LogP contribution >= 0.6 is 0 Å². The SMILES string of the molecule is CCCCCCCCCCCC[C@@H]1CCC[C@@H](C)C1. The molecule has 1 fully saturated rings. The predicted molar refractivity (Wildman–Crippen MR) is 87.6 cm³/mol. The molecule has 2 atom stereocenters. The van der Waals surface area contributed by atoms with Crippen LogP contribution in [0.2, 0.25) is 0 Å². The van der Waals surface area contributed by atoms with Crippen LogP contribution in [0.3, 0.4) is 0 Å². The van der Waals surface area contributed by atoms with Gasteiger partial charge in [0.25, 0.3) is 0 Å². The topological polar surface area (TPSA) is 0 Å². The summed E-state index contributed by atoms with van der Waals surface area (Å²) < 4.78 is 0. The second kappa shape index (κ2) is 11.8.